The van der Waals surface area contributed by atoms with E-state index in [0.717, 1.165) is 32.3 Å². The molecule has 0 bridgehead atoms. The van der Waals surface area contributed by atoms with Crippen molar-refractivity contribution in [2.24, 2.45) is 11.8 Å². The average molecular weight is 305 g/mol. The summed E-state index contributed by atoms with van der Waals surface area (Å²) >= 11 is 0. The summed E-state index contributed by atoms with van der Waals surface area (Å²) in [5.74, 6) is 1.01. The molecule has 0 aliphatic carbocycles. The summed E-state index contributed by atoms with van der Waals surface area (Å²) in [6.45, 7) is 14.3. The smallest absolute Gasteiger partial charge is 0.376 e. The van der Waals surface area contributed by atoms with Crippen LogP contribution >= 0.6 is 0 Å². The van der Waals surface area contributed by atoms with Crippen LogP contribution in [0.1, 0.15) is 67.2 Å². The van der Waals surface area contributed by atoms with E-state index in [1.54, 1.807) is 14.2 Å². The molecule has 4 heteroatoms. The first-order valence-electron chi connectivity index (χ1n) is 8.14. The van der Waals surface area contributed by atoms with Crippen molar-refractivity contribution in [3.63, 3.8) is 0 Å². The largest absolute Gasteiger partial charge is 0.507 e. The molecule has 20 heavy (non-hydrogen) atoms. The van der Waals surface area contributed by atoms with E-state index in [1.807, 2.05) is 0 Å². The molecule has 122 valence electrons. The summed E-state index contributed by atoms with van der Waals surface area (Å²) in [5.41, 5.74) is 0. The van der Waals surface area contributed by atoms with Gasteiger partial charge in [-0.25, -0.2) is 0 Å². The zero-order valence-electron chi connectivity index (χ0n) is 14.9. The molecule has 0 aliphatic heterocycles. The maximum atomic E-state index is 6.27. The van der Waals surface area contributed by atoms with Crippen molar-refractivity contribution in [2.45, 2.75) is 72.3 Å². The van der Waals surface area contributed by atoms with E-state index in [0.29, 0.717) is 11.8 Å². The molecule has 0 heterocycles. The van der Waals surface area contributed by atoms with Crippen LogP contribution in [0.5, 0.6) is 0 Å². The first kappa shape index (κ1) is 20.1. The monoisotopic (exact) mass is 304 g/mol. The highest BCUT2D eigenvalue weighted by molar-refractivity contribution is 6.64. The Morgan fingerprint density at radius 1 is 0.950 bits per heavy atom. The fraction of sp³-hybridized carbons (Fsp3) is 1.00. The Balaban J connectivity index is 5.51. The summed E-state index contributed by atoms with van der Waals surface area (Å²) in [6.07, 6.45) is 4.40. The normalized spacial score (nSPS) is 18.6. The summed E-state index contributed by atoms with van der Waals surface area (Å²) in [6, 6.07) is 0. The van der Waals surface area contributed by atoms with Crippen LogP contribution in [-0.2, 0) is 13.3 Å². The lowest BCUT2D eigenvalue weighted by Gasteiger charge is -2.49. The van der Waals surface area contributed by atoms with E-state index in [-0.39, 0.29) is 5.04 Å². The molecule has 0 amide bonds. The van der Waals surface area contributed by atoms with Gasteiger partial charge in [-0.05, 0) is 18.3 Å². The lowest BCUT2D eigenvalue weighted by molar-refractivity contribution is 0.0393. The molecule has 0 aromatic carbocycles. The number of unbranched alkanes of at least 4 members (excludes halogenated alkanes) is 1. The van der Waals surface area contributed by atoms with Gasteiger partial charge in [0, 0.05) is 25.9 Å². The quantitative estimate of drug-likeness (QED) is 0.402. The van der Waals surface area contributed by atoms with Crippen molar-refractivity contribution in [1.29, 1.82) is 0 Å². The molecule has 0 N–H and O–H groups in total. The van der Waals surface area contributed by atoms with E-state index in [1.165, 1.54) is 0 Å². The van der Waals surface area contributed by atoms with Crippen LogP contribution in [-0.4, -0.2) is 29.6 Å². The Labute approximate surface area is 127 Å². The van der Waals surface area contributed by atoms with Gasteiger partial charge < -0.3 is 13.3 Å². The van der Waals surface area contributed by atoms with Crippen LogP contribution < -0.4 is 0 Å². The summed E-state index contributed by atoms with van der Waals surface area (Å²) in [5, 5.41) is -0.0479. The van der Waals surface area contributed by atoms with Gasteiger partial charge in [0.15, 0.2) is 0 Å². The molecule has 0 spiro atoms. The second-order valence-corrected chi connectivity index (χ2v) is 9.36. The molecular formula is C16H36O3Si. The predicted octanol–water partition coefficient (Wildman–Crippen LogP) is 4.89. The minimum absolute atomic E-state index is 0.0479. The minimum atomic E-state index is -2.70. The van der Waals surface area contributed by atoms with Gasteiger partial charge in [0.25, 0.3) is 0 Å². The van der Waals surface area contributed by atoms with Crippen molar-refractivity contribution in [2.75, 3.05) is 20.8 Å². The highest BCUT2D eigenvalue weighted by Gasteiger charge is 2.61. The Morgan fingerprint density at radius 2 is 1.40 bits per heavy atom. The molecule has 0 aromatic rings. The standard InChI is InChI=1S/C16H36O3Si/c1-9-12-13-19-20(17-7,18-8)16(6,14(4)10-2)15(5)11-3/h14-15H,9-13H2,1-8H3. The maximum Gasteiger partial charge on any atom is 0.507 e. The molecule has 2 atom stereocenters. The van der Waals surface area contributed by atoms with Crippen molar-refractivity contribution in [3.05, 3.63) is 0 Å². The molecular weight excluding hydrogens is 268 g/mol. The molecule has 0 saturated heterocycles. The van der Waals surface area contributed by atoms with Gasteiger partial charge >= 0.3 is 8.80 Å². The lowest BCUT2D eigenvalue weighted by Crippen LogP contribution is -2.59. The summed E-state index contributed by atoms with van der Waals surface area (Å²) < 4.78 is 18.2. The molecule has 2 unspecified atom stereocenters. The van der Waals surface area contributed by atoms with E-state index in [9.17, 15) is 0 Å². The van der Waals surface area contributed by atoms with Crippen LogP contribution in [0.15, 0.2) is 0 Å². The highest BCUT2D eigenvalue weighted by Crippen LogP contribution is 2.54. The van der Waals surface area contributed by atoms with Gasteiger partial charge in [-0.3, -0.25) is 0 Å². The van der Waals surface area contributed by atoms with Crippen LogP contribution in [0.4, 0.5) is 0 Å². The Bertz CT molecular complexity index is 244. The van der Waals surface area contributed by atoms with Gasteiger partial charge in [-0.2, -0.15) is 0 Å². The van der Waals surface area contributed by atoms with Gasteiger partial charge in [0.1, 0.15) is 0 Å². The predicted molar refractivity (Wildman–Crippen MR) is 87.9 cm³/mol. The Hall–Kier alpha value is 0.0969. The first-order chi connectivity index (χ1) is 9.39. The average Bonchev–Trinajstić information content (AvgIpc) is 2.49. The second-order valence-electron chi connectivity index (χ2n) is 6.07. The molecule has 0 rings (SSSR count). The SMILES string of the molecule is CCCCO[Si](OC)(OC)C(C)(C(C)CC)C(C)CC. The van der Waals surface area contributed by atoms with E-state index in [2.05, 4.69) is 41.5 Å². The third-order valence-electron chi connectivity index (χ3n) is 5.26. The minimum Gasteiger partial charge on any atom is -0.376 e. The van der Waals surface area contributed by atoms with E-state index < -0.39 is 8.80 Å². The van der Waals surface area contributed by atoms with Crippen LogP contribution in [0.2, 0.25) is 5.04 Å². The summed E-state index contributed by atoms with van der Waals surface area (Å²) in [7, 11) is 0.807. The van der Waals surface area contributed by atoms with Gasteiger partial charge in [-0.1, -0.05) is 60.8 Å². The molecule has 0 saturated carbocycles. The zero-order valence-corrected chi connectivity index (χ0v) is 15.9. The van der Waals surface area contributed by atoms with Crippen LogP contribution in [0.25, 0.3) is 0 Å². The highest BCUT2D eigenvalue weighted by atomic mass is 28.4. The number of rotatable bonds is 11. The molecule has 0 aromatic heterocycles. The number of hydrogen-bond acceptors (Lipinski definition) is 3. The van der Waals surface area contributed by atoms with Crippen molar-refractivity contribution in [3.8, 4) is 0 Å². The van der Waals surface area contributed by atoms with Crippen molar-refractivity contribution in [1.82, 2.24) is 0 Å². The van der Waals surface area contributed by atoms with Gasteiger partial charge in [0.05, 0.1) is 0 Å². The third kappa shape index (κ3) is 3.84. The zero-order chi connectivity index (χ0) is 15.8. The Kier molecular flexibility index (Phi) is 9.23. The molecule has 0 radical (unpaired) electrons. The lowest BCUT2D eigenvalue weighted by atomic mass is 9.81. The second kappa shape index (κ2) is 9.18. The number of hydrogen-bond donors (Lipinski definition) is 0. The van der Waals surface area contributed by atoms with Crippen molar-refractivity contribution >= 4 is 8.80 Å². The van der Waals surface area contributed by atoms with Gasteiger partial charge in [-0.15, -0.1) is 0 Å². The third-order valence-corrected chi connectivity index (χ3v) is 9.22. The van der Waals surface area contributed by atoms with E-state index in [4.69, 9.17) is 13.3 Å². The van der Waals surface area contributed by atoms with Crippen LogP contribution in [0, 0.1) is 11.8 Å². The summed E-state index contributed by atoms with van der Waals surface area (Å²) in [4.78, 5) is 0. The fourth-order valence-corrected chi connectivity index (χ4v) is 6.71. The molecule has 0 fully saturated rings. The first-order valence-corrected chi connectivity index (χ1v) is 9.86. The van der Waals surface area contributed by atoms with Crippen LogP contribution in [0.3, 0.4) is 0 Å². The van der Waals surface area contributed by atoms with E-state index >= 15 is 0 Å². The molecule has 3 nitrogen and oxygen atoms in total. The van der Waals surface area contributed by atoms with Crippen molar-refractivity contribution < 1.29 is 13.3 Å². The molecule has 0 aliphatic rings. The maximum absolute atomic E-state index is 6.27. The van der Waals surface area contributed by atoms with Gasteiger partial charge in [0.2, 0.25) is 0 Å². The topological polar surface area (TPSA) is 27.7 Å². The Morgan fingerprint density at radius 3 is 1.70 bits per heavy atom. The fourth-order valence-electron chi connectivity index (χ4n) is 3.08.